The summed E-state index contributed by atoms with van der Waals surface area (Å²) in [5.74, 6) is -6.88. The molecule has 3 aliphatic carbocycles. The first-order valence-electron chi connectivity index (χ1n) is 13.6. The monoisotopic (exact) mass is 602 g/mol. The highest BCUT2D eigenvalue weighted by Gasteiger charge is 2.64. The van der Waals surface area contributed by atoms with Crippen LogP contribution in [0, 0.1) is 18.8 Å². The fourth-order valence-corrected chi connectivity index (χ4v) is 7.48. The van der Waals surface area contributed by atoms with E-state index < -0.39 is 58.0 Å². The number of Topliss-reactive ketones (excluding diaryl/α,β-unsaturated/α-hetero) is 2. The van der Waals surface area contributed by atoms with Crippen LogP contribution in [0.25, 0.3) is 17.0 Å². The van der Waals surface area contributed by atoms with Crippen molar-refractivity contribution in [2.75, 3.05) is 19.4 Å². The van der Waals surface area contributed by atoms with Crippen LogP contribution in [0.4, 0.5) is 10.8 Å². The minimum Gasteiger partial charge on any atom is -0.508 e. The molecule has 222 valence electrons. The van der Waals surface area contributed by atoms with Crippen LogP contribution in [0.2, 0.25) is 0 Å². The number of phenols is 1. The molecule has 4 unspecified atom stereocenters. The van der Waals surface area contributed by atoms with Gasteiger partial charge in [0.25, 0.3) is 5.91 Å². The number of hydrogen-bond donors (Lipinski definition) is 6. The number of benzene rings is 2. The Hall–Kier alpha value is -4.52. The molecule has 1 amide bonds. The van der Waals surface area contributed by atoms with Crippen LogP contribution in [-0.2, 0) is 20.8 Å². The fourth-order valence-electron chi connectivity index (χ4n) is 6.74. The summed E-state index contributed by atoms with van der Waals surface area (Å²) >= 11 is 1.38. The van der Waals surface area contributed by atoms with Gasteiger partial charge in [-0.1, -0.05) is 23.8 Å². The van der Waals surface area contributed by atoms with Crippen molar-refractivity contribution in [1.82, 2.24) is 9.88 Å². The quantitative estimate of drug-likeness (QED) is 0.187. The van der Waals surface area contributed by atoms with Crippen molar-refractivity contribution in [2.45, 2.75) is 31.4 Å². The van der Waals surface area contributed by atoms with Crippen molar-refractivity contribution in [3.8, 4) is 17.0 Å². The van der Waals surface area contributed by atoms with Crippen molar-refractivity contribution < 1.29 is 34.8 Å². The zero-order valence-corrected chi connectivity index (χ0v) is 24.4. The predicted molar refractivity (Wildman–Crippen MR) is 160 cm³/mol. The number of aromatic nitrogens is 1. The molecule has 6 rings (SSSR count). The lowest BCUT2D eigenvalue weighted by atomic mass is 9.57. The molecular weight excluding hydrogens is 572 g/mol. The van der Waals surface area contributed by atoms with Gasteiger partial charge in [0.1, 0.15) is 22.8 Å². The number of amides is 1. The SMILES string of the molecule is Cc1cccc(-c2csc(Nc3ccc(O)c4c3CC3CC5C(N(C)C)C(=O)C(C(N)=O)=C(O)C5(O)C(=O)C3=C4O)n2)c1. The van der Waals surface area contributed by atoms with Crippen LogP contribution >= 0.6 is 11.3 Å². The third-order valence-corrected chi connectivity index (χ3v) is 9.42. The van der Waals surface area contributed by atoms with Gasteiger partial charge in [-0.05, 0) is 63.5 Å². The van der Waals surface area contributed by atoms with Gasteiger partial charge in [-0.3, -0.25) is 19.3 Å². The number of aromatic hydroxyl groups is 1. The third-order valence-electron chi connectivity index (χ3n) is 8.66. The summed E-state index contributed by atoms with van der Waals surface area (Å²) in [6.07, 6.45) is 0.178. The minimum atomic E-state index is -2.68. The number of hydrogen-bond acceptors (Lipinski definition) is 11. The van der Waals surface area contributed by atoms with E-state index >= 15 is 0 Å². The van der Waals surface area contributed by atoms with Crippen LogP contribution in [-0.4, -0.2) is 73.5 Å². The molecular formula is C31H30N4O7S. The molecule has 2 aromatic carbocycles. The molecule has 0 saturated heterocycles. The number of rotatable bonds is 5. The number of aliphatic hydroxyl groups is 3. The number of nitrogens with one attached hydrogen (secondary N) is 1. The number of aryl methyl sites for hydroxylation is 1. The molecule has 1 aromatic heterocycles. The van der Waals surface area contributed by atoms with Gasteiger partial charge in [-0.15, -0.1) is 11.3 Å². The Morgan fingerprint density at radius 1 is 1.16 bits per heavy atom. The van der Waals surface area contributed by atoms with E-state index in [1.807, 2.05) is 36.6 Å². The molecule has 3 aromatic rings. The van der Waals surface area contributed by atoms with Crippen molar-refractivity contribution >= 4 is 45.4 Å². The van der Waals surface area contributed by atoms with E-state index in [1.165, 1.54) is 22.3 Å². The van der Waals surface area contributed by atoms with Gasteiger partial charge in [0, 0.05) is 28.1 Å². The molecule has 3 aliphatic rings. The molecule has 1 saturated carbocycles. The lowest BCUT2D eigenvalue weighted by Gasteiger charge is -2.50. The highest BCUT2D eigenvalue weighted by Crippen LogP contribution is 2.53. The molecule has 1 fully saturated rings. The van der Waals surface area contributed by atoms with Crippen molar-refractivity contribution in [1.29, 1.82) is 0 Å². The Labute approximate surface area is 250 Å². The highest BCUT2D eigenvalue weighted by molar-refractivity contribution is 7.14. The van der Waals surface area contributed by atoms with E-state index in [0.717, 1.165) is 16.8 Å². The maximum atomic E-state index is 14.0. The topological polar surface area (TPSA) is 186 Å². The number of fused-ring (bicyclic) bond motifs is 3. The number of aliphatic hydroxyl groups excluding tert-OH is 2. The maximum Gasteiger partial charge on any atom is 0.255 e. The number of thiazole rings is 1. The van der Waals surface area contributed by atoms with Gasteiger partial charge in [0.2, 0.25) is 5.78 Å². The second-order valence-corrected chi connectivity index (χ2v) is 12.3. The lowest BCUT2D eigenvalue weighted by Crippen LogP contribution is -2.65. The Balaban J connectivity index is 1.44. The first-order valence-corrected chi connectivity index (χ1v) is 14.5. The largest absolute Gasteiger partial charge is 0.508 e. The van der Waals surface area contributed by atoms with Crippen LogP contribution < -0.4 is 11.1 Å². The number of phenolic OH excluding ortho intramolecular Hbond substituents is 1. The number of nitrogens with zero attached hydrogens (tertiary/aromatic N) is 2. The van der Waals surface area contributed by atoms with Gasteiger partial charge in [-0.2, -0.15) is 0 Å². The number of carbonyl (C=O) groups excluding carboxylic acids is 3. The number of primary amides is 1. The molecule has 4 atom stereocenters. The summed E-state index contributed by atoms with van der Waals surface area (Å²) in [6.45, 7) is 2.00. The van der Waals surface area contributed by atoms with Crippen LogP contribution in [0.3, 0.4) is 0 Å². The minimum absolute atomic E-state index is 0.00954. The van der Waals surface area contributed by atoms with E-state index in [9.17, 15) is 34.8 Å². The first-order chi connectivity index (χ1) is 20.3. The standard InChI is InChI=1S/C31H30N4O7S/c1-13-5-4-6-14(9-13)19-12-43-30(34-19)33-18-7-8-20(36)22-16(18)10-15-11-17-24(35(2)3)26(38)23(29(32)41)28(40)31(17,42)27(39)21(15)25(22)37/h4-9,12,15,17,24,36-37,40,42H,10-11H2,1-3H3,(H2,32,41)(H,33,34). The smallest absolute Gasteiger partial charge is 0.255 e. The summed E-state index contributed by atoms with van der Waals surface area (Å²) in [5.41, 5.74) is 5.60. The van der Waals surface area contributed by atoms with Crippen LogP contribution in [0.15, 0.2) is 58.7 Å². The third kappa shape index (κ3) is 4.24. The summed E-state index contributed by atoms with van der Waals surface area (Å²) in [5, 5.41) is 50.8. The second-order valence-electron chi connectivity index (χ2n) is 11.5. The Morgan fingerprint density at radius 3 is 2.58 bits per heavy atom. The zero-order valence-electron chi connectivity index (χ0n) is 23.6. The summed E-state index contributed by atoms with van der Waals surface area (Å²) in [7, 11) is 3.12. The average Bonchev–Trinajstić information content (AvgIpc) is 3.40. The molecule has 0 aliphatic heterocycles. The van der Waals surface area contributed by atoms with Gasteiger partial charge >= 0.3 is 0 Å². The number of ketones is 2. The average molecular weight is 603 g/mol. The van der Waals surface area contributed by atoms with Crippen LogP contribution in [0.1, 0.15) is 23.1 Å². The zero-order chi connectivity index (χ0) is 31.0. The normalized spacial score (nSPS) is 25.0. The molecule has 43 heavy (non-hydrogen) atoms. The summed E-state index contributed by atoms with van der Waals surface area (Å²) < 4.78 is 0. The number of likely N-dealkylation sites (N-methyl/N-ethyl adjacent to an activating group) is 1. The van der Waals surface area contributed by atoms with Crippen molar-refractivity contribution in [3.05, 3.63) is 75.4 Å². The lowest BCUT2D eigenvalue weighted by molar-refractivity contribution is -0.153. The molecule has 11 nitrogen and oxygen atoms in total. The molecule has 0 spiro atoms. The predicted octanol–water partition coefficient (Wildman–Crippen LogP) is 3.14. The molecule has 0 radical (unpaired) electrons. The number of anilines is 2. The summed E-state index contributed by atoms with van der Waals surface area (Å²) in [6, 6.07) is 9.84. The Kier molecular flexibility index (Phi) is 6.68. The second kappa shape index (κ2) is 10.0. The number of carbonyl (C=O) groups is 3. The fraction of sp³-hybridized carbons (Fsp3) is 0.290. The van der Waals surface area contributed by atoms with E-state index in [0.29, 0.717) is 16.4 Å². The maximum absolute atomic E-state index is 14.0. The van der Waals surface area contributed by atoms with E-state index in [-0.39, 0.29) is 29.7 Å². The van der Waals surface area contributed by atoms with E-state index in [4.69, 9.17) is 10.7 Å². The van der Waals surface area contributed by atoms with E-state index in [1.54, 1.807) is 20.2 Å². The molecule has 0 bridgehead atoms. The van der Waals surface area contributed by atoms with Crippen molar-refractivity contribution in [2.24, 2.45) is 17.6 Å². The summed E-state index contributed by atoms with van der Waals surface area (Å²) in [4.78, 5) is 45.6. The van der Waals surface area contributed by atoms with Gasteiger partial charge < -0.3 is 31.5 Å². The van der Waals surface area contributed by atoms with Crippen LogP contribution in [0.5, 0.6) is 5.75 Å². The molecule has 1 heterocycles. The Bertz CT molecular complexity index is 1790. The van der Waals surface area contributed by atoms with Crippen molar-refractivity contribution in [3.63, 3.8) is 0 Å². The van der Waals surface area contributed by atoms with Gasteiger partial charge in [-0.25, -0.2) is 4.98 Å². The first kappa shape index (κ1) is 28.6. The number of nitrogens with two attached hydrogens (primary N) is 1. The highest BCUT2D eigenvalue weighted by atomic mass is 32.1. The van der Waals surface area contributed by atoms with Gasteiger partial charge in [0.05, 0.1) is 17.3 Å². The molecule has 7 N–H and O–H groups in total. The Morgan fingerprint density at radius 2 is 1.91 bits per heavy atom. The molecule has 12 heteroatoms. The van der Waals surface area contributed by atoms with E-state index in [2.05, 4.69) is 5.32 Å². The van der Waals surface area contributed by atoms with Gasteiger partial charge in [0.15, 0.2) is 16.5 Å².